The van der Waals surface area contributed by atoms with E-state index in [9.17, 15) is 5.11 Å². The van der Waals surface area contributed by atoms with E-state index in [1.165, 1.54) is 6.42 Å². The molecule has 70 valence electrons. The van der Waals surface area contributed by atoms with E-state index in [0.717, 1.165) is 25.7 Å². The monoisotopic (exact) mass is 280 g/mol. The lowest BCUT2D eigenvalue weighted by Crippen LogP contribution is -2.21. The topological polar surface area (TPSA) is 20.2 Å². The third-order valence-electron chi connectivity index (χ3n) is 2.41. The van der Waals surface area contributed by atoms with Gasteiger partial charge < -0.3 is 5.11 Å². The first-order valence-electron chi connectivity index (χ1n) is 4.66. The van der Waals surface area contributed by atoms with E-state index >= 15 is 0 Å². The number of hydrogen-bond acceptors (Lipinski definition) is 1. The Labute approximate surface area is 88.4 Å². The van der Waals surface area contributed by atoms with Crippen LogP contribution in [0.3, 0.4) is 0 Å². The molecule has 0 aromatic heterocycles. The van der Waals surface area contributed by atoms with E-state index in [2.05, 4.69) is 41.7 Å². The van der Waals surface area contributed by atoms with Gasteiger partial charge in [-0.3, -0.25) is 0 Å². The zero-order valence-electron chi connectivity index (χ0n) is 7.59. The summed E-state index contributed by atoms with van der Waals surface area (Å²) in [5.74, 6) is 0. The summed E-state index contributed by atoms with van der Waals surface area (Å²) in [6.45, 7) is 2.05. The predicted molar refractivity (Wildman–Crippen MR) is 60.7 cm³/mol. The van der Waals surface area contributed by atoms with E-state index in [1.54, 1.807) is 0 Å². The van der Waals surface area contributed by atoms with Crippen LogP contribution in [-0.4, -0.2) is 14.6 Å². The molecule has 0 amide bonds. The normalized spacial score (nSPS) is 22.9. The molecule has 2 heteroatoms. The molecule has 1 fully saturated rings. The second-order valence-corrected chi connectivity index (χ2v) is 5.07. The quantitative estimate of drug-likeness (QED) is 0.355. The Kier molecular flexibility index (Phi) is 4.03. The van der Waals surface area contributed by atoms with E-state index in [4.69, 9.17) is 0 Å². The molecule has 0 bridgehead atoms. The van der Waals surface area contributed by atoms with Crippen molar-refractivity contribution in [1.29, 1.82) is 0 Å². The van der Waals surface area contributed by atoms with Crippen molar-refractivity contribution in [3.8, 4) is 0 Å². The molecule has 1 aliphatic rings. The molecule has 1 nitrogen and oxygen atoms in total. The van der Waals surface area contributed by atoms with Gasteiger partial charge in [-0.1, -0.05) is 34.7 Å². The highest BCUT2D eigenvalue weighted by Gasteiger charge is 2.45. The summed E-state index contributed by atoms with van der Waals surface area (Å²) in [5, 5.41) is 9.73. The summed E-state index contributed by atoms with van der Waals surface area (Å²) in [5.41, 5.74) is -0.281. The molecule has 12 heavy (non-hydrogen) atoms. The maximum Gasteiger partial charge on any atom is 0.0767 e. The second kappa shape index (κ2) is 4.61. The van der Waals surface area contributed by atoms with Gasteiger partial charge in [-0.25, -0.2) is 0 Å². The SMILES string of the molecule is CC=CCCCC(I)C1(O)CC1. The number of aliphatic hydroxyl groups is 1. The van der Waals surface area contributed by atoms with Crippen LogP contribution in [0.25, 0.3) is 0 Å². The highest BCUT2D eigenvalue weighted by atomic mass is 127. The first-order chi connectivity index (χ1) is 5.69. The molecule has 0 saturated heterocycles. The fourth-order valence-electron chi connectivity index (χ4n) is 1.29. The molecule has 0 aliphatic heterocycles. The number of halogens is 1. The van der Waals surface area contributed by atoms with Crippen molar-refractivity contribution in [3.05, 3.63) is 12.2 Å². The zero-order valence-corrected chi connectivity index (χ0v) is 9.75. The largest absolute Gasteiger partial charge is 0.389 e. The summed E-state index contributed by atoms with van der Waals surface area (Å²) in [4.78, 5) is 0. The van der Waals surface area contributed by atoms with Crippen LogP contribution in [0.5, 0.6) is 0 Å². The molecule has 1 saturated carbocycles. The summed E-state index contributed by atoms with van der Waals surface area (Å²) in [6, 6.07) is 0. The van der Waals surface area contributed by atoms with Crippen LogP contribution in [0, 0.1) is 0 Å². The number of rotatable bonds is 5. The highest BCUT2D eigenvalue weighted by Crippen LogP contribution is 2.43. The van der Waals surface area contributed by atoms with Crippen molar-refractivity contribution in [2.24, 2.45) is 0 Å². The van der Waals surface area contributed by atoms with Gasteiger partial charge in [-0.2, -0.15) is 0 Å². The van der Waals surface area contributed by atoms with Gasteiger partial charge in [0.2, 0.25) is 0 Å². The van der Waals surface area contributed by atoms with Crippen LogP contribution >= 0.6 is 22.6 Å². The van der Waals surface area contributed by atoms with Crippen molar-refractivity contribution in [2.45, 2.75) is 48.6 Å². The number of alkyl halides is 1. The number of unbranched alkanes of at least 4 members (excludes halogenated alkanes) is 1. The maximum absolute atomic E-state index is 9.73. The fourth-order valence-corrected chi connectivity index (χ4v) is 2.35. The maximum atomic E-state index is 9.73. The summed E-state index contributed by atoms with van der Waals surface area (Å²) >= 11 is 2.39. The zero-order chi connectivity index (χ0) is 9.03. The molecule has 0 aromatic carbocycles. The molecular formula is C10H17IO. The van der Waals surface area contributed by atoms with Gasteiger partial charge in [-0.15, -0.1) is 0 Å². The van der Waals surface area contributed by atoms with Crippen LogP contribution < -0.4 is 0 Å². The lowest BCUT2D eigenvalue weighted by atomic mass is 10.1. The lowest BCUT2D eigenvalue weighted by molar-refractivity contribution is 0.148. The van der Waals surface area contributed by atoms with Gasteiger partial charge in [0.1, 0.15) is 0 Å². The molecule has 1 atom stereocenters. The third kappa shape index (κ3) is 3.05. The Balaban J connectivity index is 2.06. The second-order valence-electron chi connectivity index (χ2n) is 3.57. The van der Waals surface area contributed by atoms with Gasteiger partial charge in [0.05, 0.1) is 5.60 Å². The highest BCUT2D eigenvalue weighted by molar-refractivity contribution is 14.1. The Hall–Kier alpha value is 0.430. The molecule has 1 unspecified atom stereocenters. The van der Waals surface area contributed by atoms with Crippen LogP contribution in [0.15, 0.2) is 12.2 Å². The minimum absolute atomic E-state index is 0.281. The molecule has 1 aliphatic carbocycles. The number of hydrogen-bond donors (Lipinski definition) is 1. The molecular weight excluding hydrogens is 263 g/mol. The first-order valence-corrected chi connectivity index (χ1v) is 5.91. The molecule has 0 spiro atoms. The average molecular weight is 280 g/mol. The van der Waals surface area contributed by atoms with Crippen LogP contribution in [0.1, 0.15) is 39.0 Å². The van der Waals surface area contributed by atoms with Gasteiger partial charge in [0, 0.05) is 3.92 Å². The Morgan fingerprint density at radius 1 is 1.58 bits per heavy atom. The Bertz CT molecular complexity index is 161. The molecule has 0 heterocycles. The van der Waals surface area contributed by atoms with Gasteiger partial charge in [0.25, 0.3) is 0 Å². The van der Waals surface area contributed by atoms with Gasteiger partial charge in [-0.05, 0) is 39.0 Å². The number of allylic oxidation sites excluding steroid dienone is 2. The predicted octanol–water partition coefficient (Wildman–Crippen LogP) is 3.06. The molecule has 0 radical (unpaired) electrons. The van der Waals surface area contributed by atoms with E-state index in [0.29, 0.717) is 3.92 Å². The van der Waals surface area contributed by atoms with Gasteiger partial charge >= 0.3 is 0 Å². The minimum Gasteiger partial charge on any atom is -0.389 e. The fraction of sp³-hybridized carbons (Fsp3) is 0.800. The summed E-state index contributed by atoms with van der Waals surface area (Å²) in [7, 11) is 0. The van der Waals surface area contributed by atoms with Crippen molar-refractivity contribution in [1.82, 2.24) is 0 Å². The molecule has 1 N–H and O–H groups in total. The van der Waals surface area contributed by atoms with Crippen LogP contribution in [-0.2, 0) is 0 Å². The average Bonchev–Trinajstić information content (AvgIpc) is 2.78. The minimum atomic E-state index is -0.281. The van der Waals surface area contributed by atoms with E-state index < -0.39 is 0 Å². The van der Waals surface area contributed by atoms with Crippen molar-refractivity contribution in [2.75, 3.05) is 0 Å². The van der Waals surface area contributed by atoms with Crippen LogP contribution in [0.4, 0.5) is 0 Å². The smallest absolute Gasteiger partial charge is 0.0767 e. The lowest BCUT2D eigenvalue weighted by Gasteiger charge is -2.14. The van der Waals surface area contributed by atoms with Crippen molar-refractivity contribution >= 4 is 22.6 Å². The first kappa shape index (κ1) is 10.5. The van der Waals surface area contributed by atoms with Crippen molar-refractivity contribution < 1.29 is 5.11 Å². The van der Waals surface area contributed by atoms with Crippen LogP contribution in [0.2, 0.25) is 0 Å². The Morgan fingerprint density at radius 2 is 2.25 bits per heavy atom. The van der Waals surface area contributed by atoms with E-state index in [1.807, 2.05) is 0 Å². The Morgan fingerprint density at radius 3 is 2.75 bits per heavy atom. The van der Waals surface area contributed by atoms with Gasteiger partial charge in [0.15, 0.2) is 0 Å². The standard InChI is InChI=1S/C10H17IO/c1-2-3-4-5-6-9(11)10(12)7-8-10/h2-3,9,12H,4-8H2,1H3. The van der Waals surface area contributed by atoms with Crippen molar-refractivity contribution in [3.63, 3.8) is 0 Å². The molecule has 0 aromatic rings. The summed E-state index contributed by atoms with van der Waals surface area (Å²) in [6.07, 6.45) is 9.84. The third-order valence-corrected chi connectivity index (χ3v) is 4.19. The molecule has 1 rings (SSSR count). The van der Waals surface area contributed by atoms with E-state index in [-0.39, 0.29) is 5.60 Å². The summed E-state index contributed by atoms with van der Waals surface area (Å²) < 4.78 is 0.473.